The summed E-state index contributed by atoms with van der Waals surface area (Å²) in [6.45, 7) is 10.5. The van der Waals surface area contributed by atoms with Crippen LogP contribution in [0.5, 0.6) is 0 Å². The van der Waals surface area contributed by atoms with Gasteiger partial charge in [0.05, 0.1) is 6.10 Å². The summed E-state index contributed by atoms with van der Waals surface area (Å²) in [7, 11) is 0. The first-order valence-electron chi connectivity index (χ1n) is 4.90. The van der Waals surface area contributed by atoms with E-state index in [4.69, 9.17) is 0 Å². The van der Waals surface area contributed by atoms with Crippen LogP contribution in [0.15, 0.2) is 12.2 Å². The maximum Gasteiger partial charge on any atom is 0.0780 e. The smallest absolute Gasteiger partial charge is 0.0780 e. The van der Waals surface area contributed by atoms with Crippen LogP contribution in [-0.2, 0) is 0 Å². The molecule has 1 heteroatoms. The molecule has 1 unspecified atom stereocenters. The van der Waals surface area contributed by atoms with E-state index in [0.717, 1.165) is 12.0 Å². The fourth-order valence-corrected chi connectivity index (χ4v) is 2.05. The minimum Gasteiger partial charge on any atom is -0.388 e. The van der Waals surface area contributed by atoms with Gasteiger partial charge < -0.3 is 5.11 Å². The molecule has 1 fully saturated rings. The molecule has 0 aromatic rings. The van der Waals surface area contributed by atoms with E-state index >= 15 is 0 Å². The number of aliphatic hydroxyl groups excluding tert-OH is 1. The predicted octanol–water partition coefficient (Wildman–Crippen LogP) is 2.61. The van der Waals surface area contributed by atoms with Crippen LogP contribution in [0.2, 0.25) is 0 Å². The van der Waals surface area contributed by atoms with Crippen molar-refractivity contribution in [3.8, 4) is 0 Å². The second-order valence-electron chi connectivity index (χ2n) is 4.41. The molecule has 1 nitrogen and oxygen atoms in total. The van der Waals surface area contributed by atoms with Gasteiger partial charge in [-0.05, 0) is 36.2 Å². The second kappa shape index (κ2) is 3.61. The molecule has 1 aliphatic carbocycles. The van der Waals surface area contributed by atoms with Crippen molar-refractivity contribution in [2.45, 2.75) is 39.7 Å². The Morgan fingerprint density at radius 1 is 1.42 bits per heavy atom. The van der Waals surface area contributed by atoms with Gasteiger partial charge in [0.1, 0.15) is 0 Å². The molecule has 0 radical (unpaired) electrons. The number of hydrogen-bond donors (Lipinski definition) is 1. The van der Waals surface area contributed by atoms with E-state index in [9.17, 15) is 5.11 Å². The molecule has 1 aliphatic rings. The molecule has 0 saturated heterocycles. The highest BCUT2D eigenvalue weighted by Crippen LogP contribution is 2.36. The molecule has 12 heavy (non-hydrogen) atoms. The normalized spacial score (nSPS) is 37.4. The van der Waals surface area contributed by atoms with Gasteiger partial charge in [-0.2, -0.15) is 0 Å². The van der Waals surface area contributed by atoms with E-state index in [1.165, 1.54) is 6.42 Å². The molecule has 1 N–H and O–H groups in total. The Labute approximate surface area is 75.5 Å². The molecule has 0 aromatic heterocycles. The summed E-state index contributed by atoms with van der Waals surface area (Å²) >= 11 is 0. The van der Waals surface area contributed by atoms with Gasteiger partial charge in [-0.15, -0.1) is 0 Å². The van der Waals surface area contributed by atoms with E-state index in [1.54, 1.807) is 0 Å². The van der Waals surface area contributed by atoms with E-state index in [0.29, 0.717) is 17.8 Å². The molecule has 3 atom stereocenters. The molecule has 1 rings (SSSR count). The lowest BCUT2D eigenvalue weighted by atomic mass is 9.73. The Hall–Kier alpha value is -0.300. The van der Waals surface area contributed by atoms with Crippen LogP contribution in [0.3, 0.4) is 0 Å². The highest BCUT2D eigenvalue weighted by Gasteiger charge is 2.31. The SMILES string of the molecule is C=C1C(C)CC[C@@H](C(C)C)[C@@H]1O. The molecule has 0 amide bonds. The average Bonchev–Trinajstić information content (AvgIpc) is 2.00. The third-order valence-electron chi connectivity index (χ3n) is 3.21. The van der Waals surface area contributed by atoms with Crippen molar-refractivity contribution in [3.05, 3.63) is 12.2 Å². The largest absolute Gasteiger partial charge is 0.388 e. The maximum absolute atomic E-state index is 9.88. The molecule has 0 heterocycles. The minimum atomic E-state index is -0.256. The summed E-state index contributed by atoms with van der Waals surface area (Å²) < 4.78 is 0. The van der Waals surface area contributed by atoms with Crippen molar-refractivity contribution < 1.29 is 5.11 Å². The molecule has 1 saturated carbocycles. The Kier molecular flexibility index (Phi) is 2.94. The quantitative estimate of drug-likeness (QED) is 0.597. The van der Waals surface area contributed by atoms with Gasteiger partial charge in [0.25, 0.3) is 0 Å². The Balaban J connectivity index is 2.65. The van der Waals surface area contributed by atoms with Crippen molar-refractivity contribution in [1.82, 2.24) is 0 Å². The maximum atomic E-state index is 9.88. The highest BCUT2D eigenvalue weighted by molar-refractivity contribution is 5.11. The molecule has 70 valence electrons. The predicted molar refractivity (Wildman–Crippen MR) is 51.9 cm³/mol. The van der Waals surface area contributed by atoms with E-state index < -0.39 is 0 Å². The summed E-state index contributed by atoms with van der Waals surface area (Å²) in [5.41, 5.74) is 1.04. The standard InChI is InChI=1S/C11H20O/c1-7(2)10-6-5-8(3)9(4)11(10)12/h7-8,10-12H,4-6H2,1-3H3/t8?,10-,11+/m0/s1. The summed E-state index contributed by atoms with van der Waals surface area (Å²) in [6.07, 6.45) is 2.09. The van der Waals surface area contributed by atoms with Crippen molar-refractivity contribution in [2.24, 2.45) is 17.8 Å². The van der Waals surface area contributed by atoms with Crippen LogP contribution in [0.4, 0.5) is 0 Å². The van der Waals surface area contributed by atoms with Gasteiger partial charge in [0.2, 0.25) is 0 Å². The molecular weight excluding hydrogens is 148 g/mol. The Bertz CT molecular complexity index is 172. The average molecular weight is 168 g/mol. The van der Waals surface area contributed by atoms with E-state index in [-0.39, 0.29) is 6.10 Å². The van der Waals surface area contributed by atoms with Crippen LogP contribution in [0.25, 0.3) is 0 Å². The van der Waals surface area contributed by atoms with Gasteiger partial charge >= 0.3 is 0 Å². The van der Waals surface area contributed by atoms with Gasteiger partial charge in [-0.25, -0.2) is 0 Å². The Morgan fingerprint density at radius 2 is 2.00 bits per heavy atom. The van der Waals surface area contributed by atoms with Gasteiger partial charge in [-0.1, -0.05) is 27.4 Å². The van der Waals surface area contributed by atoms with Crippen LogP contribution >= 0.6 is 0 Å². The topological polar surface area (TPSA) is 20.2 Å². The lowest BCUT2D eigenvalue weighted by Gasteiger charge is -2.36. The Morgan fingerprint density at radius 3 is 2.50 bits per heavy atom. The van der Waals surface area contributed by atoms with E-state index in [1.807, 2.05) is 0 Å². The van der Waals surface area contributed by atoms with Crippen LogP contribution in [-0.4, -0.2) is 11.2 Å². The lowest BCUT2D eigenvalue weighted by molar-refractivity contribution is 0.0740. The van der Waals surface area contributed by atoms with Crippen molar-refractivity contribution >= 4 is 0 Å². The fraction of sp³-hybridized carbons (Fsp3) is 0.818. The highest BCUT2D eigenvalue weighted by atomic mass is 16.3. The summed E-state index contributed by atoms with van der Waals surface area (Å²) in [5, 5.41) is 9.88. The van der Waals surface area contributed by atoms with Crippen LogP contribution in [0, 0.1) is 17.8 Å². The molecular formula is C11H20O. The van der Waals surface area contributed by atoms with Gasteiger partial charge in [-0.3, -0.25) is 0 Å². The first kappa shape index (κ1) is 9.79. The zero-order valence-corrected chi connectivity index (χ0v) is 8.38. The fourth-order valence-electron chi connectivity index (χ4n) is 2.05. The zero-order chi connectivity index (χ0) is 9.30. The molecule has 0 aromatic carbocycles. The number of rotatable bonds is 1. The molecule has 0 bridgehead atoms. The lowest BCUT2D eigenvalue weighted by Crippen LogP contribution is -2.33. The first-order valence-corrected chi connectivity index (χ1v) is 4.90. The minimum absolute atomic E-state index is 0.256. The van der Waals surface area contributed by atoms with Gasteiger partial charge in [0, 0.05) is 0 Å². The third-order valence-corrected chi connectivity index (χ3v) is 3.21. The summed E-state index contributed by atoms with van der Waals surface area (Å²) in [4.78, 5) is 0. The summed E-state index contributed by atoms with van der Waals surface area (Å²) in [6, 6.07) is 0. The van der Waals surface area contributed by atoms with E-state index in [2.05, 4.69) is 27.4 Å². The van der Waals surface area contributed by atoms with Crippen molar-refractivity contribution in [3.63, 3.8) is 0 Å². The van der Waals surface area contributed by atoms with Crippen molar-refractivity contribution in [2.75, 3.05) is 0 Å². The molecule has 0 aliphatic heterocycles. The molecule has 0 spiro atoms. The third kappa shape index (κ3) is 1.71. The van der Waals surface area contributed by atoms with Crippen LogP contribution < -0.4 is 0 Å². The monoisotopic (exact) mass is 168 g/mol. The van der Waals surface area contributed by atoms with Crippen molar-refractivity contribution in [1.29, 1.82) is 0 Å². The number of hydrogen-bond acceptors (Lipinski definition) is 1. The zero-order valence-electron chi connectivity index (χ0n) is 8.38. The summed E-state index contributed by atoms with van der Waals surface area (Å²) in [5.74, 6) is 1.52. The van der Waals surface area contributed by atoms with Crippen LogP contribution in [0.1, 0.15) is 33.6 Å². The second-order valence-corrected chi connectivity index (χ2v) is 4.41. The number of aliphatic hydroxyl groups is 1. The first-order chi connectivity index (χ1) is 5.54. The van der Waals surface area contributed by atoms with Gasteiger partial charge in [0.15, 0.2) is 0 Å².